The van der Waals surface area contributed by atoms with E-state index in [-0.39, 0.29) is 17.1 Å². The smallest absolute Gasteiger partial charge is 0.193 e. The van der Waals surface area contributed by atoms with Crippen molar-refractivity contribution in [1.82, 2.24) is 0 Å². The predicted octanol–water partition coefficient (Wildman–Crippen LogP) is 4.24. The molecule has 116 valence electrons. The molecule has 0 heterocycles. The number of hydrogen-bond donors (Lipinski definition) is 0. The molecule has 0 radical (unpaired) electrons. The third-order valence-corrected chi connectivity index (χ3v) is 2.95. The van der Waals surface area contributed by atoms with Gasteiger partial charge in [0.1, 0.15) is 11.4 Å². The highest BCUT2D eigenvalue weighted by molar-refractivity contribution is 6.09. The average molecular weight is 302 g/mol. The van der Waals surface area contributed by atoms with E-state index in [1.807, 2.05) is 20.8 Å². The fraction of sp³-hybridized carbons (Fsp3) is 0.278. The third-order valence-electron chi connectivity index (χ3n) is 2.95. The van der Waals surface area contributed by atoms with Crippen LogP contribution >= 0.6 is 0 Å². The zero-order chi connectivity index (χ0) is 16.3. The van der Waals surface area contributed by atoms with Crippen LogP contribution in [0.5, 0.6) is 11.5 Å². The Bertz CT molecular complexity index is 670. The van der Waals surface area contributed by atoms with Crippen molar-refractivity contribution in [1.29, 1.82) is 0 Å². The Balaban J connectivity index is 2.23. The van der Waals surface area contributed by atoms with E-state index in [1.54, 1.807) is 24.3 Å². The number of methoxy groups -OCH3 is 1. The van der Waals surface area contributed by atoms with Crippen molar-refractivity contribution >= 4 is 5.78 Å². The number of carbonyl (C=O) groups is 1. The molecular formula is C18H19FO3. The Morgan fingerprint density at radius 2 is 1.59 bits per heavy atom. The van der Waals surface area contributed by atoms with Gasteiger partial charge < -0.3 is 9.47 Å². The molecule has 0 saturated carbocycles. The first-order valence-corrected chi connectivity index (χ1v) is 6.97. The Hall–Kier alpha value is -2.36. The van der Waals surface area contributed by atoms with Crippen molar-refractivity contribution in [2.75, 3.05) is 7.11 Å². The molecule has 0 atom stereocenters. The number of carbonyl (C=O) groups excluding carboxylic acids is 1. The first kappa shape index (κ1) is 16.0. The van der Waals surface area contributed by atoms with Gasteiger partial charge in [-0.2, -0.15) is 0 Å². The molecule has 3 nitrogen and oxygen atoms in total. The second kappa shape index (κ2) is 6.18. The second-order valence-corrected chi connectivity index (χ2v) is 5.92. The molecule has 2 rings (SSSR count). The molecule has 0 aliphatic rings. The number of hydrogen-bond acceptors (Lipinski definition) is 3. The Morgan fingerprint density at radius 3 is 2.14 bits per heavy atom. The van der Waals surface area contributed by atoms with Crippen LogP contribution in [-0.2, 0) is 0 Å². The summed E-state index contributed by atoms with van der Waals surface area (Å²) in [7, 11) is 1.37. The second-order valence-electron chi connectivity index (χ2n) is 5.92. The van der Waals surface area contributed by atoms with E-state index >= 15 is 0 Å². The van der Waals surface area contributed by atoms with Crippen LogP contribution in [0.1, 0.15) is 36.7 Å². The van der Waals surface area contributed by atoms with E-state index in [4.69, 9.17) is 9.47 Å². The van der Waals surface area contributed by atoms with E-state index in [0.717, 1.165) is 0 Å². The van der Waals surface area contributed by atoms with Gasteiger partial charge in [-0.05, 0) is 63.2 Å². The molecule has 0 N–H and O–H groups in total. The van der Waals surface area contributed by atoms with Crippen molar-refractivity contribution in [3.8, 4) is 11.5 Å². The summed E-state index contributed by atoms with van der Waals surface area (Å²) in [6.07, 6.45) is 0. The van der Waals surface area contributed by atoms with Crippen LogP contribution in [0.2, 0.25) is 0 Å². The normalized spacial score (nSPS) is 11.1. The summed E-state index contributed by atoms with van der Waals surface area (Å²) in [4.78, 5) is 12.4. The average Bonchev–Trinajstić information content (AvgIpc) is 2.46. The van der Waals surface area contributed by atoms with Crippen LogP contribution < -0.4 is 9.47 Å². The molecule has 0 aliphatic carbocycles. The van der Waals surface area contributed by atoms with Gasteiger partial charge in [-0.3, -0.25) is 4.79 Å². The number of ketones is 1. The van der Waals surface area contributed by atoms with Gasteiger partial charge in [-0.25, -0.2) is 4.39 Å². The molecule has 0 amide bonds. The van der Waals surface area contributed by atoms with Gasteiger partial charge >= 0.3 is 0 Å². The molecule has 0 bridgehead atoms. The van der Waals surface area contributed by atoms with Crippen molar-refractivity contribution in [3.05, 3.63) is 59.4 Å². The summed E-state index contributed by atoms with van der Waals surface area (Å²) >= 11 is 0. The summed E-state index contributed by atoms with van der Waals surface area (Å²) in [6.45, 7) is 5.87. The molecule has 22 heavy (non-hydrogen) atoms. The van der Waals surface area contributed by atoms with Gasteiger partial charge in [0.2, 0.25) is 0 Å². The molecule has 0 aliphatic heterocycles. The van der Waals surface area contributed by atoms with Gasteiger partial charge in [-0.15, -0.1) is 0 Å². The summed E-state index contributed by atoms with van der Waals surface area (Å²) in [5.74, 6) is 0.0628. The summed E-state index contributed by atoms with van der Waals surface area (Å²) in [5.41, 5.74) is 0.591. The number of benzene rings is 2. The van der Waals surface area contributed by atoms with Gasteiger partial charge in [0.25, 0.3) is 0 Å². The number of halogens is 1. The monoisotopic (exact) mass is 302 g/mol. The minimum absolute atomic E-state index is 0.0542. The quantitative estimate of drug-likeness (QED) is 0.792. The maximum atomic E-state index is 13.4. The highest BCUT2D eigenvalue weighted by atomic mass is 19.1. The lowest BCUT2D eigenvalue weighted by Crippen LogP contribution is -2.22. The Kier molecular flexibility index (Phi) is 4.50. The standard InChI is InChI=1S/C18H19FO3/c1-18(2,3)22-14-8-5-12(6-9-14)17(20)13-7-10-15(19)16(11-13)21-4/h5-11H,1-4H3. The summed E-state index contributed by atoms with van der Waals surface area (Å²) in [5, 5.41) is 0. The van der Waals surface area contributed by atoms with Crippen molar-refractivity contribution in [3.63, 3.8) is 0 Å². The fourth-order valence-corrected chi connectivity index (χ4v) is 2.00. The SMILES string of the molecule is COc1cc(C(=O)c2ccc(OC(C)(C)C)cc2)ccc1F. The molecule has 2 aromatic carbocycles. The largest absolute Gasteiger partial charge is 0.494 e. The molecule has 0 unspecified atom stereocenters. The molecule has 2 aromatic rings. The van der Waals surface area contributed by atoms with Gasteiger partial charge in [-0.1, -0.05) is 0 Å². The summed E-state index contributed by atoms with van der Waals surface area (Å²) < 4.78 is 24.0. The Labute approximate surface area is 129 Å². The first-order valence-electron chi connectivity index (χ1n) is 6.97. The molecule has 0 fully saturated rings. The highest BCUT2D eigenvalue weighted by Crippen LogP contribution is 2.22. The predicted molar refractivity (Wildman–Crippen MR) is 83.2 cm³/mol. The maximum absolute atomic E-state index is 13.4. The molecule has 0 aromatic heterocycles. The lowest BCUT2D eigenvalue weighted by atomic mass is 10.0. The lowest BCUT2D eigenvalue weighted by Gasteiger charge is -2.21. The fourth-order valence-electron chi connectivity index (χ4n) is 2.00. The van der Waals surface area contributed by atoms with E-state index in [0.29, 0.717) is 16.9 Å². The van der Waals surface area contributed by atoms with Crippen LogP contribution in [0.4, 0.5) is 4.39 Å². The zero-order valence-electron chi connectivity index (χ0n) is 13.1. The molecular weight excluding hydrogens is 283 g/mol. The minimum atomic E-state index is -0.493. The van der Waals surface area contributed by atoms with Crippen molar-refractivity contribution in [2.45, 2.75) is 26.4 Å². The summed E-state index contributed by atoms with van der Waals surface area (Å²) in [6, 6.07) is 11.0. The highest BCUT2D eigenvalue weighted by Gasteiger charge is 2.14. The lowest BCUT2D eigenvalue weighted by molar-refractivity contribution is 0.103. The van der Waals surface area contributed by atoms with Crippen molar-refractivity contribution < 1.29 is 18.7 Å². The van der Waals surface area contributed by atoms with E-state index in [1.165, 1.54) is 25.3 Å². The van der Waals surface area contributed by atoms with E-state index < -0.39 is 5.82 Å². The van der Waals surface area contributed by atoms with Gasteiger partial charge in [0, 0.05) is 11.1 Å². The van der Waals surface area contributed by atoms with Crippen LogP contribution in [0.15, 0.2) is 42.5 Å². The van der Waals surface area contributed by atoms with E-state index in [9.17, 15) is 9.18 Å². The number of ether oxygens (including phenoxy) is 2. The van der Waals surface area contributed by atoms with Crippen molar-refractivity contribution in [2.24, 2.45) is 0 Å². The van der Waals surface area contributed by atoms with Crippen LogP contribution in [0.3, 0.4) is 0 Å². The Morgan fingerprint density at radius 1 is 1.00 bits per heavy atom. The number of rotatable bonds is 4. The minimum Gasteiger partial charge on any atom is -0.494 e. The molecule has 4 heteroatoms. The van der Waals surface area contributed by atoms with Crippen LogP contribution in [-0.4, -0.2) is 18.5 Å². The van der Waals surface area contributed by atoms with Gasteiger partial charge in [0.05, 0.1) is 7.11 Å². The topological polar surface area (TPSA) is 35.5 Å². The maximum Gasteiger partial charge on any atom is 0.193 e. The van der Waals surface area contributed by atoms with Crippen LogP contribution in [0.25, 0.3) is 0 Å². The first-order chi connectivity index (χ1) is 10.3. The van der Waals surface area contributed by atoms with Gasteiger partial charge in [0.15, 0.2) is 17.3 Å². The zero-order valence-corrected chi connectivity index (χ0v) is 13.1. The van der Waals surface area contributed by atoms with Crippen LogP contribution in [0, 0.1) is 5.82 Å². The van der Waals surface area contributed by atoms with E-state index in [2.05, 4.69) is 0 Å². The molecule has 0 saturated heterocycles. The molecule has 0 spiro atoms. The third kappa shape index (κ3) is 3.85.